The van der Waals surface area contributed by atoms with Crippen molar-refractivity contribution in [1.29, 1.82) is 0 Å². The Labute approximate surface area is 100 Å². The summed E-state index contributed by atoms with van der Waals surface area (Å²) in [4.78, 5) is 5.72. The van der Waals surface area contributed by atoms with Gasteiger partial charge in [0.05, 0.1) is 10.6 Å². The lowest BCUT2D eigenvalue weighted by Crippen LogP contribution is -1.94. The lowest BCUT2D eigenvalue weighted by Gasteiger charge is -2.05. The lowest BCUT2D eigenvalue weighted by atomic mass is 10.0. The minimum Gasteiger partial charge on any atom is -0.325 e. The molecule has 0 atom stereocenters. The molecule has 0 aliphatic rings. The van der Waals surface area contributed by atoms with Gasteiger partial charge in [0.2, 0.25) is 0 Å². The molecule has 1 heterocycles. The molecule has 2 rings (SSSR count). The molecule has 0 bridgehead atoms. The van der Waals surface area contributed by atoms with E-state index in [1.54, 1.807) is 11.3 Å². The minimum absolute atomic E-state index is 0.524. The number of benzene rings is 1. The first kappa shape index (κ1) is 11.3. The highest BCUT2D eigenvalue weighted by molar-refractivity contribution is 7.15. The monoisotopic (exact) mass is 232 g/mol. The van der Waals surface area contributed by atoms with Gasteiger partial charge in [-0.05, 0) is 31.9 Å². The van der Waals surface area contributed by atoms with E-state index in [9.17, 15) is 0 Å². The van der Waals surface area contributed by atoms with Gasteiger partial charge in [0.25, 0.3) is 0 Å². The van der Waals surface area contributed by atoms with Crippen molar-refractivity contribution in [3.05, 3.63) is 40.0 Å². The van der Waals surface area contributed by atoms with E-state index >= 15 is 0 Å². The van der Waals surface area contributed by atoms with Crippen molar-refractivity contribution in [3.8, 4) is 10.4 Å². The smallest absolute Gasteiger partial charge is 0.107 e. The standard InChI is InChI=1S/C13H16N2S/c1-8-4-5-9(2)11(6-8)13-10(3)15-12(7-14)16-13/h4-6H,7,14H2,1-3H3. The number of thiazole rings is 1. The molecular weight excluding hydrogens is 216 g/mol. The van der Waals surface area contributed by atoms with Crippen LogP contribution < -0.4 is 5.73 Å². The minimum atomic E-state index is 0.524. The molecule has 0 aliphatic carbocycles. The summed E-state index contributed by atoms with van der Waals surface area (Å²) in [6.07, 6.45) is 0. The third-order valence-electron chi connectivity index (χ3n) is 2.65. The number of hydrogen-bond donors (Lipinski definition) is 1. The highest BCUT2D eigenvalue weighted by atomic mass is 32.1. The highest BCUT2D eigenvalue weighted by Crippen LogP contribution is 2.32. The number of aromatic nitrogens is 1. The summed E-state index contributed by atoms with van der Waals surface area (Å²) < 4.78 is 0. The van der Waals surface area contributed by atoms with Crippen molar-refractivity contribution in [2.24, 2.45) is 5.73 Å². The summed E-state index contributed by atoms with van der Waals surface area (Å²) in [5, 5.41) is 1.01. The quantitative estimate of drug-likeness (QED) is 0.863. The summed E-state index contributed by atoms with van der Waals surface area (Å²) in [7, 11) is 0. The van der Waals surface area contributed by atoms with Crippen LogP contribution in [0.2, 0.25) is 0 Å². The molecule has 0 saturated carbocycles. The van der Waals surface area contributed by atoms with Crippen molar-refractivity contribution in [3.63, 3.8) is 0 Å². The fourth-order valence-corrected chi connectivity index (χ4v) is 2.79. The van der Waals surface area contributed by atoms with Gasteiger partial charge in [-0.15, -0.1) is 11.3 Å². The van der Waals surface area contributed by atoms with Gasteiger partial charge in [-0.2, -0.15) is 0 Å². The van der Waals surface area contributed by atoms with E-state index in [1.165, 1.54) is 21.6 Å². The van der Waals surface area contributed by atoms with E-state index in [4.69, 9.17) is 5.73 Å². The van der Waals surface area contributed by atoms with Crippen LogP contribution in [0.5, 0.6) is 0 Å². The molecule has 1 aromatic heterocycles. The molecule has 2 aromatic rings. The molecule has 16 heavy (non-hydrogen) atoms. The zero-order valence-electron chi connectivity index (χ0n) is 9.87. The number of hydrogen-bond acceptors (Lipinski definition) is 3. The summed E-state index contributed by atoms with van der Waals surface area (Å²) in [6.45, 7) is 6.82. The van der Waals surface area contributed by atoms with Gasteiger partial charge in [0.1, 0.15) is 5.01 Å². The number of nitrogens with two attached hydrogens (primary N) is 1. The second-order valence-electron chi connectivity index (χ2n) is 4.04. The van der Waals surface area contributed by atoms with Crippen LogP contribution >= 0.6 is 11.3 Å². The van der Waals surface area contributed by atoms with Crippen LogP contribution in [0.25, 0.3) is 10.4 Å². The number of rotatable bonds is 2. The van der Waals surface area contributed by atoms with Gasteiger partial charge in [-0.25, -0.2) is 4.98 Å². The van der Waals surface area contributed by atoms with Gasteiger partial charge in [-0.1, -0.05) is 23.8 Å². The van der Waals surface area contributed by atoms with Crippen molar-refractivity contribution in [1.82, 2.24) is 4.98 Å². The average Bonchev–Trinajstić information content (AvgIpc) is 2.63. The topological polar surface area (TPSA) is 38.9 Å². The first-order valence-corrected chi connectivity index (χ1v) is 6.17. The van der Waals surface area contributed by atoms with E-state index in [0.717, 1.165) is 10.7 Å². The maximum absolute atomic E-state index is 5.63. The molecular formula is C13H16N2S. The van der Waals surface area contributed by atoms with Crippen LogP contribution in [-0.2, 0) is 6.54 Å². The molecule has 0 fully saturated rings. The number of nitrogens with zero attached hydrogens (tertiary/aromatic N) is 1. The van der Waals surface area contributed by atoms with Gasteiger partial charge in [-0.3, -0.25) is 0 Å². The molecule has 0 spiro atoms. The van der Waals surface area contributed by atoms with Gasteiger partial charge in [0, 0.05) is 6.54 Å². The average molecular weight is 232 g/mol. The van der Waals surface area contributed by atoms with Gasteiger partial charge < -0.3 is 5.73 Å². The fraction of sp³-hybridized carbons (Fsp3) is 0.308. The SMILES string of the molecule is Cc1ccc(C)c(-c2sc(CN)nc2C)c1. The summed E-state index contributed by atoms with van der Waals surface area (Å²) >= 11 is 1.70. The predicted octanol–water partition coefficient (Wildman–Crippen LogP) is 3.19. The molecule has 1 aromatic carbocycles. The third-order valence-corrected chi connectivity index (χ3v) is 3.87. The third kappa shape index (κ3) is 2.01. The maximum atomic E-state index is 5.63. The molecule has 2 nitrogen and oxygen atoms in total. The molecule has 0 aliphatic heterocycles. The Morgan fingerprint density at radius 2 is 2.00 bits per heavy atom. The molecule has 0 radical (unpaired) electrons. The van der Waals surface area contributed by atoms with Crippen LogP contribution in [0, 0.1) is 20.8 Å². The van der Waals surface area contributed by atoms with E-state index in [1.807, 2.05) is 6.92 Å². The van der Waals surface area contributed by atoms with E-state index in [-0.39, 0.29) is 0 Å². The molecule has 84 valence electrons. The second-order valence-corrected chi connectivity index (χ2v) is 5.13. The lowest BCUT2D eigenvalue weighted by molar-refractivity contribution is 1.02. The van der Waals surface area contributed by atoms with Gasteiger partial charge in [0.15, 0.2) is 0 Å². The van der Waals surface area contributed by atoms with Gasteiger partial charge >= 0.3 is 0 Å². The van der Waals surface area contributed by atoms with Crippen LogP contribution in [-0.4, -0.2) is 4.98 Å². The first-order valence-electron chi connectivity index (χ1n) is 5.36. The zero-order valence-corrected chi connectivity index (χ0v) is 10.7. The summed E-state index contributed by atoms with van der Waals surface area (Å²) in [5.74, 6) is 0. The largest absolute Gasteiger partial charge is 0.325 e. The zero-order chi connectivity index (χ0) is 11.7. The van der Waals surface area contributed by atoms with Crippen LogP contribution in [0.4, 0.5) is 0 Å². The molecule has 0 amide bonds. The first-order chi connectivity index (χ1) is 7.61. The molecule has 3 heteroatoms. The van der Waals surface area contributed by atoms with Crippen LogP contribution in [0.1, 0.15) is 21.8 Å². The second kappa shape index (κ2) is 4.36. The van der Waals surface area contributed by atoms with E-state index in [2.05, 4.69) is 37.0 Å². The van der Waals surface area contributed by atoms with E-state index < -0.39 is 0 Å². The predicted molar refractivity (Wildman–Crippen MR) is 69.7 cm³/mol. The number of aryl methyl sites for hydroxylation is 3. The van der Waals surface area contributed by atoms with Crippen LogP contribution in [0.15, 0.2) is 18.2 Å². The maximum Gasteiger partial charge on any atom is 0.107 e. The van der Waals surface area contributed by atoms with Crippen molar-refractivity contribution in [2.45, 2.75) is 27.3 Å². The molecule has 0 saturated heterocycles. The van der Waals surface area contributed by atoms with Crippen LogP contribution in [0.3, 0.4) is 0 Å². The van der Waals surface area contributed by atoms with E-state index in [0.29, 0.717) is 6.54 Å². The summed E-state index contributed by atoms with van der Waals surface area (Å²) in [6, 6.07) is 6.52. The Balaban J connectivity index is 2.57. The Morgan fingerprint density at radius 1 is 1.25 bits per heavy atom. The Hall–Kier alpha value is -1.19. The Kier molecular flexibility index (Phi) is 3.08. The highest BCUT2D eigenvalue weighted by Gasteiger charge is 2.10. The normalized spacial score (nSPS) is 10.8. The van der Waals surface area contributed by atoms with Crippen molar-refractivity contribution < 1.29 is 0 Å². The fourth-order valence-electron chi connectivity index (χ4n) is 1.77. The van der Waals surface area contributed by atoms with Crippen molar-refractivity contribution >= 4 is 11.3 Å². The van der Waals surface area contributed by atoms with Crippen molar-refractivity contribution in [2.75, 3.05) is 0 Å². The molecule has 2 N–H and O–H groups in total. The molecule has 0 unspecified atom stereocenters. The summed E-state index contributed by atoms with van der Waals surface area (Å²) in [5.41, 5.74) is 10.6. The Bertz CT molecular complexity index is 515. The Morgan fingerprint density at radius 3 is 2.62 bits per heavy atom.